The van der Waals surface area contributed by atoms with E-state index in [1.165, 1.54) is 0 Å². The molecule has 0 saturated heterocycles. The van der Waals surface area contributed by atoms with Gasteiger partial charge in [0.15, 0.2) is 0 Å². The minimum Gasteiger partial charge on any atom is -0.354 e. The molecule has 2 amide bonds. The first kappa shape index (κ1) is 22.3. The molecular formula is C22H26Cl2N2O2. The molecule has 0 aliphatic carbocycles. The van der Waals surface area contributed by atoms with E-state index in [9.17, 15) is 9.59 Å². The minimum atomic E-state index is -0.589. The van der Waals surface area contributed by atoms with E-state index in [2.05, 4.69) is 5.32 Å². The molecule has 2 aromatic carbocycles. The van der Waals surface area contributed by atoms with E-state index >= 15 is 0 Å². The van der Waals surface area contributed by atoms with Crippen LogP contribution in [0.5, 0.6) is 0 Å². The van der Waals surface area contributed by atoms with Gasteiger partial charge >= 0.3 is 0 Å². The number of hydrogen-bond donors (Lipinski definition) is 1. The Bertz CT molecular complexity index is 809. The van der Waals surface area contributed by atoms with Crippen LogP contribution >= 0.6 is 23.2 Å². The highest BCUT2D eigenvalue weighted by Crippen LogP contribution is 2.23. The molecule has 1 N–H and O–H groups in total. The molecule has 0 spiro atoms. The Hall–Kier alpha value is -2.04. The molecule has 1 atom stereocenters. The topological polar surface area (TPSA) is 49.4 Å². The number of benzene rings is 2. The summed E-state index contributed by atoms with van der Waals surface area (Å²) >= 11 is 12.0. The zero-order chi connectivity index (χ0) is 20.7. The average molecular weight is 421 g/mol. The van der Waals surface area contributed by atoms with Crippen molar-refractivity contribution in [3.8, 4) is 0 Å². The smallest absolute Gasteiger partial charge is 0.242 e. The maximum absolute atomic E-state index is 13.1. The molecule has 0 aliphatic rings. The Morgan fingerprint density at radius 2 is 1.64 bits per heavy atom. The van der Waals surface area contributed by atoms with Crippen molar-refractivity contribution in [2.45, 2.75) is 39.8 Å². The number of amides is 2. The van der Waals surface area contributed by atoms with Crippen molar-refractivity contribution in [3.63, 3.8) is 0 Å². The Kier molecular flexibility index (Phi) is 8.34. The molecule has 0 bridgehead atoms. The third-order valence-electron chi connectivity index (χ3n) is 4.39. The number of hydrogen-bond acceptors (Lipinski definition) is 2. The van der Waals surface area contributed by atoms with Gasteiger partial charge < -0.3 is 10.2 Å². The standard InChI is InChI=1S/C22H26Cl2N2O2/c1-15(2)13-25-22(28)16(3)26(14-17-7-5-4-6-8-17)21(27)12-18-9-10-19(23)20(24)11-18/h4-11,15-16H,12-14H2,1-3H3,(H,25,28)/t16-/m1/s1. The predicted octanol–water partition coefficient (Wildman–Crippen LogP) is 4.73. The first-order chi connectivity index (χ1) is 13.3. The molecular weight excluding hydrogens is 395 g/mol. The predicted molar refractivity (Wildman–Crippen MR) is 114 cm³/mol. The van der Waals surface area contributed by atoms with Crippen molar-refractivity contribution >= 4 is 35.0 Å². The maximum Gasteiger partial charge on any atom is 0.242 e. The van der Waals surface area contributed by atoms with Crippen LogP contribution in [0.25, 0.3) is 0 Å². The molecule has 0 aliphatic heterocycles. The second kappa shape index (κ2) is 10.5. The first-order valence-corrected chi connectivity index (χ1v) is 10.1. The normalized spacial score (nSPS) is 11.9. The molecule has 0 saturated carbocycles. The fourth-order valence-electron chi connectivity index (χ4n) is 2.74. The Morgan fingerprint density at radius 1 is 0.964 bits per heavy atom. The van der Waals surface area contributed by atoms with Gasteiger partial charge in [-0.05, 0) is 36.1 Å². The lowest BCUT2D eigenvalue weighted by atomic mass is 10.1. The van der Waals surface area contributed by atoms with Gasteiger partial charge in [-0.2, -0.15) is 0 Å². The van der Waals surface area contributed by atoms with Crippen LogP contribution in [-0.2, 0) is 22.6 Å². The number of nitrogens with one attached hydrogen (secondary N) is 1. The van der Waals surface area contributed by atoms with E-state index in [0.717, 1.165) is 11.1 Å². The van der Waals surface area contributed by atoms with Gasteiger partial charge in [0.2, 0.25) is 11.8 Å². The summed E-state index contributed by atoms with van der Waals surface area (Å²) in [5.41, 5.74) is 1.72. The molecule has 28 heavy (non-hydrogen) atoms. The second-order valence-corrected chi connectivity index (χ2v) is 8.06. The lowest BCUT2D eigenvalue weighted by Gasteiger charge is -2.29. The van der Waals surface area contributed by atoms with Gasteiger partial charge in [0.1, 0.15) is 6.04 Å². The quantitative estimate of drug-likeness (QED) is 0.670. The van der Waals surface area contributed by atoms with Crippen molar-refractivity contribution in [2.24, 2.45) is 5.92 Å². The number of rotatable bonds is 8. The SMILES string of the molecule is CC(C)CNC(=O)[C@@H](C)N(Cc1ccccc1)C(=O)Cc1ccc(Cl)c(Cl)c1. The monoisotopic (exact) mass is 420 g/mol. The summed E-state index contributed by atoms with van der Waals surface area (Å²) in [5.74, 6) is 0.0344. The van der Waals surface area contributed by atoms with Crippen molar-refractivity contribution in [1.29, 1.82) is 0 Å². The fourth-order valence-corrected chi connectivity index (χ4v) is 3.06. The molecule has 0 fully saturated rings. The summed E-state index contributed by atoms with van der Waals surface area (Å²) < 4.78 is 0. The van der Waals surface area contributed by atoms with Crippen LogP contribution < -0.4 is 5.32 Å². The lowest BCUT2D eigenvalue weighted by Crippen LogP contribution is -2.48. The van der Waals surface area contributed by atoms with E-state index in [-0.39, 0.29) is 18.2 Å². The highest BCUT2D eigenvalue weighted by atomic mass is 35.5. The van der Waals surface area contributed by atoms with Gasteiger partial charge in [-0.1, -0.05) is 73.4 Å². The maximum atomic E-state index is 13.1. The second-order valence-electron chi connectivity index (χ2n) is 7.25. The van der Waals surface area contributed by atoms with Gasteiger partial charge in [-0.3, -0.25) is 9.59 Å². The van der Waals surface area contributed by atoms with E-state index in [1.54, 1.807) is 30.0 Å². The van der Waals surface area contributed by atoms with Crippen molar-refractivity contribution in [1.82, 2.24) is 10.2 Å². The molecule has 0 unspecified atom stereocenters. The molecule has 0 radical (unpaired) electrons. The van der Waals surface area contributed by atoms with E-state index in [0.29, 0.717) is 29.1 Å². The van der Waals surface area contributed by atoms with Gasteiger partial charge in [0.25, 0.3) is 0 Å². The van der Waals surface area contributed by atoms with Gasteiger partial charge in [0, 0.05) is 13.1 Å². The fraction of sp³-hybridized carbons (Fsp3) is 0.364. The van der Waals surface area contributed by atoms with Crippen molar-refractivity contribution in [3.05, 3.63) is 69.7 Å². The zero-order valence-electron chi connectivity index (χ0n) is 16.4. The van der Waals surface area contributed by atoms with Crippen molar-refractivity contribution < 1.29 is 9.59 Å². The van der Waals surface area contributed by atoms with Crippen molar-refractivity contribution in [2.75, 3.05) is 6.54 Å². The lowest BCUT2D eigenvalue weighted by molar-refractivity contribution is -0.140. The number of carbonyl (C=O) groups is 2. The number of nitrogens with zero attached hydrogens (tertiary/aromatic N) is 1. The Balaban J connectivity index is 2.19. The average Bonchev–Trinajstić information content (AvgIpc) is 2.67. The Morgan fingerprint density at radius 3 is 2.25 bits per heavy atom. The highest BCUT2D eigenvalue weighted by molar-refractivity contribution is 6.42. The van der Waals surface area contributed by atoms with Crippen LogP contribution in [0.2, 0.25) is 10.0 Å². The summed E-state index contributed by atoms with van der Waals surface area (Å²) in [6.07, 6.45) is 0.144. The molecule has 4 nitrogen and oxygen atoms in total. The summed E-state index contributed by atoms with van der Waals surface area (Å²) in [5, 5.41) is 3.76. The largest absolute Gasteiger partial charge is 0.354 e. The molecule has 150 valence electrons. The first-order valence-electron chi connectivity index (χ1n) is 9.33. The molecule has 2 rings (SSSR count). The van der Waals surface area contributed by atoms with E-state index in [1.807, 2.05) is 44.2 Å². The third-order valence-corrected chi connectivity index (χ3v) is 5.13. The summed E-state index contributed by atoms with van der Waals surface area (Å²) in [7, 11) is 0. The zero-order valence-corrected chi connectivity index (χ0v) is 17.9. The van der Waals surface area contributed by atoms with E-state index < -0.39 is 6.04 Å². The van der Waals surface area contributed by atoms with Crippen LogP contribution in [0.3, 0.4) is 0 Å². The van der Waals surface area contributed by atoms with Crippen LogP contribution in [0.1, 0.15) is 31.9 Å². The molecule has 2 aromatic rings. The van der Waals surface area contributed by atoms with Crippen LogP contribution in [0.15, 0.2) is 48.5 Å². The Labute approximate surface area is 176 Å². The third kappa shape index (κ3) is 6.54. The van der Waals surface area contributed by atoms with Crippen LogP contribution in [0.4, 0.5) is 0 Å². The number of halogens is 2. The van der Waals surface area contributed by atoms with Crippen LogP contribution in [0, 0.1) is 5.92 Å². The van der Waals surface area contributed by atoms with Gasteiger partial charge in [-0.15, -0.1) is 0 Å². The molecule has 6 heteroatoms. The summed E-state index contributed by atoms with van der Waals surface area (Å²) in [6, 6.07) is 14.2. The number of carbonyl (C=O) groups excluding carboxylic acids is 2. The summed E-state index contributed by atoms with van der Waals surface area (Å²) in [4.78, 5) is 27.3. The minimum absolute atomic E-state index is 0.144. The highest BCUT2D eigenvalue weighted by Gasteiger charge is 2.26. The van der Waals surface area contributed by atoms with Gasteiger partial charge in [0.05, 0.1) is 16.5 Å². The molecule has 0 aromatic heterocycles. The molecule has 0 heterocycles. The van der Waals surface area contributed by atoms with Gasteiger partial charge in [-0.25, -0.2) is 0 Å². The van der Waals surface area contributed by atoms with E-state index in [4.69, 9.17) is 23.2 Å². The summed E-state index contributed by atoms with van der Waals surface area (Å²) in [6.45, 7) is 6.75. The van der Waals surface area contributed by atoms with Crippen LogP contribution in [-0.4, -0.2) is 29.3 Å².